The third-order valence-electron chi connectivity index (χ3n) is 2.75. The van der Waals surface area contributed by atoms with Crippen molar-refractivity contribution >= 4 is 17.5 Å². The van der Waals surface area contributed by atoms with Crippen LogP contribution in [0.4, 0.5) is 5.95 Å². The lowest BCUT2D eigenvalue weighted by atomic mass is 10.1. The zero-order chi connectivity index (χ0) is 11.5. The van der Waals surface area contributed by atoms with Gasteiger partial charge in [0, 0.05) is 12.0 Å². The Bertz CT molecular complexity index is 428. The minimum Gasteiger partial charge on any atom is -0.350 e. The molecule has 1 aromatic rings. The van der Waals surface area contributed by atoms with Gasteiger partial charge in [-0.1, -0.05) is 11.6 Å². The molecule has 0 saturated heterocycles. The topological polar surface area (TPSA) is 74.5 Å². The Morgan fingerprint density at radius 2 is 2.25 bits per heavy atom. The second-order valence-corrected chi connectivity index (χ2v) is 4.35. The Hall–Kier alpha value is -1.41. The molecule has 0 radical (unpaired) electrons. The zero-order valence-electron chi connectivity index (χ0n) is 8.94. The van der Waals surface area contributed by atoms with Gasteiger partial charge in [-0.3, -0.25) is 0 Å². The number of hydrogen-bond donors (Lipinski definition) is 1. The molecule has 5 nitrogen and oxygen atoms in total. The predicted octanol–water partition coefficient (Wildman–Crippen LogP) is 1.94. The summed E-state index contributed by atoms with van der Waals surface area (Å²) in [5, 5.41) is 19.9. The number of rotatable bonds is 2. The van der Waals surface area contributed by atoms with Crippen LogP contribution < -0.4 is 5.32 Å². The molecule has 1 saturated carbocycles. The van der Waals surface area contributed by atoms with Crippen LogP contribution in [0.5, 0.6) is 0 Å². The minimum absolute atomic E-state index is 0.152. The molecule has 6 heteroatoms. The van der Waals surface area contributed by atoms with Gasteiger partial charge in [-0.2, -0.15) is 5.26 Å². The normalized spacial score (nSPS) is 24.1. The molecule has 0 amide bonds. The minimum atomic E-state index is 0.152. The molecule has 0 bridgehead atoms. The predicted molar refractivity (Wildman–Crippen MR) is 59.9 cm³/mol. The van der Waals surface area contributed by atoms with E-state index < -0.39 is 0 Å². The van der Waals surface area contributed by atoms with Crippen molar-refractivity contribution in [3.05, 3.63) is 10.8 Å². The maximum atomic E-state index is 8.79. The maximum Gasteiger partial charge on any atom is 0.243 e. The van der Waals surface area contributed by atoms with E-state index in [9.17, 15) is 0 Å². The van der Waals surface area contributed by atoms with E-state index in [2.05, 4.69) is 26.6 Å². The van der Waals surface area contributed by atoms with Crippen LogP contribution in [0.15, 0.2) is 0 Å². The lowest BCUT2D eigenvalue weighted by Crippen LogP contribution is -2.18. The second-order valence-electron chi connectivity index (χ2n) is 3.99. The third kappa shape index (κ3) is 2.39. The molecule has 2 rings (SSSR count). The Balaban J connectivity index is 2.00. The van der Waals surface area contributed by atoms with Gasteiger partial charge in [0.05, 0.1) is 11.8 Å². The highest BCUT2D eigenvalue weighted by atomic mass is 35.5. The van der Waals surface area contributed by atoms with Gasteiger partial charge in [-0.25, -0.2) is 4.98 Å². The molecule has 1 heterocycles. The maximum absolute atomic E-state index is 8.79. The number of nitriles is 1. The van der Waals surface area contributed by atoms with Crippen molar-refractivity contribution in [2.75, 3.05) is 5.32 Å². The van der Waals surface area contributed by atoms with E-state index in [-0.39, 0.29) is 12.0 Å². The molecule has 0 spiro atoms. The molecule has 1 aliphatic carbocycles. The average molecular weight is 238 g/mol. The number of hydrogen-bond acceptors (Lipinski definition) is 5. The van der Waals surface area contributed by atoms with Crippen LogP contribution in [0, 0.1) is 24.2 Å². The quantitative estimate of drug-likeness (QED) is 0.851. The molecule has 1 aliphatic rings. The first-order valence-electron chi connectivity index (χ1n) is 5.22. The average Bonchev–Trinajstić information content (AvgIpc) is 2.71. The van der Waals surface area contributed by atoms with Crippen LogP contribution >= 0.6 is 11.6 Å². The van der Waals surface area contributed by atoms with Crippen molar-refractivity contribution in [3.63, 3.8) is 0 Å². The largest absolute Gasteiger partial charge is 0.350 e. The van der Waals surface area contributed by atoms with Gasteiger partial charge in [0.15, 0.2) is 5.15 Å². The molecule has 16 heavy (non-hydrogen) atoms. The van der Waals surface area contributed by atoms with E-state index in [4.69, 9.17) is 16.9 Å². The fourth-order valence-corrected chi connectivity index (χ4v) is 1.94. The van der Waals surface area contributed by atoms with Crippen molar-refractivity contribution in [3.8, 4) is 6.07 Å². The Labute approximate surface area is 98.9 Å². The third-order valence-corrected chi connectivity index (χ3v) is 3.10. The van der Waals surface area contributed by atoms with Crippen LogP contribution in [-0.2, 0) is 0 Å². The highest BCUT2D eigenvalue weighted by Crippen LogP contribution is 2.26. The molecule has 0 unspecified atom stereocenters. The number of nitrogens with zero attached hydrogens (tertiary/aromatic N) is 4. The number of aromatic nitrogens is 3. The Morgan fingerprint density at radius 3 is 2.88 bits per heavy atom. The van der Waals surface area contributed by atoms with Crippen molar-refractivity contribution in [2.45, 2.75) is 32.2 Å². The monoisotopic (exact) mass is 237 g/mol. The zero-order valence-corrected chi connectivity index (χ0v) is 9.70. The summed E-state index contributed by atoms with van der Waals surface area (Å²) in [5.74, 6) is 0.643. The van der Waals surface area contributed by atoms with Crippen LogP contribution in [0.25, 0.3) is 0 Å². The van der Waals surface area contributed by atoms with E-state index in [0.717, 1.165) is 19.3 Å². The van der Waals surface area contributed by atoms with E-state index in [1.165, 1.54) is 0 Å². The number of halogens is 1. The summed E-state index contributed by atoms with van der Waals surface area (Å²) in [6.45, 7) is 1.79. The van der Waals surface area contributed by atoms with E-state index in [1.54, 1.807) is 6.92 Å². The van der Waals surface area contributed by atoms with Gasteiger partial charge >= 0.3 is 0 Å². The molecule has 2 atom stereocenters. The smallest absolute Gasteiger partial charge is 0.243 e. The number of aryl methyl sites for hydroxylation is 1. The first-order valence-corrected chi connectivity index (χ1v) is 5.60. The molecule has 0 aromatic carbocycles. The van der Waals surface area contributed by atoms with Crippen LogP contribution in [0.1, 0.15) is 25.0 Å². The standard InChI is InChI=1S/C10H12ClN5/c1-6-9(11)15-16-10(13-6)14-8-3-2-7(4-8)5-12/h7-8H,2-4H2,1H3,(H,13,14,16)/t7-,8-/m1/s1. The number of anilines is 1. The Kier molecular flexibility index (Phi) is 3.20. The molecule has 84 valence electrons. The van der Waals surface area contributed by atoms with Crippen molar-refractivity contribution in [1.29, 1.82) is 5.26 Å². The van der Waals surface area contributed by atoms with E-state index in [1.807, 2.05) is 0 Å². The van der Waals surface area contributed by atoms with Gasteiger partial charge in [0.25, 0.3) is 0 Å². The SMILES string of the molecule is Cc1nc(N[C@@H]2CC[C@@H](C#N)C2)nnc1Cl. The summed E-state index contributed by atoms with van der Waals surface area (Å²) in [4.78, 5) is 4.19. The summed E-state index contributed by atoms with van der Waals surface area (Å²) >= 11 is 5.74. The van der Waals surface area contributed by atoms with E-state index >= 15 is 0 Å². The summed E-state index contributed by atoms with van der Waals surface area (Å²) in [6, 6.07) is 2.55. The van der Waals surface area contributed by atoms with Crippen LogP contribution in [0.3, 0.4) is 0 Å². The van der Waals surface area contributed by atoms with E-state index in [0.29, 0.717) is 16.8 Å². The fraction of sp³-hybridized carbons (Fsp3) is 0.600. The fourth-order valence-electron chi connectivity index (χ4n) is 1.86. The highest BCUT2D eigenvalue weighted by molar-refractivity contribution is 6.29. The Morgan fingerprint density at radius 1 is 1.44 bits per heavy atom. The van der Waals surface area contributed by atoms with Crippen molar-refractivity contribution in [1.82, 2.24) is 15.2 Å². The first kappa shape index (κ1) is 11.1. The van der Waals surface area contributed by atoms with Crippen LogP contribution in [-0.4, -0.2) is 21.2 Å². The van der Waals surface area contributed by atoms with Crippen LogP contribution in [0.2, 0.25) is 5.15 Å². The highest BCUT2D eigenvalue weighted by Gasteiger charge is 2.24. The molecular weight excluding hydrogens is 226 g/mol. The molecule has 0 aliphatic heterocycles. The summed E-state index contributed by atoms with van der Waals surface area (Å²) in [5.41, 5.74) is 0.661. The summed E-state index contributed by atoms with van der Waals surface area (Å²) in [7, 11) is 0. The van der Waals surface area contributed by atoms with Crippen molar-refractivity contribution in [2.24, 2.45) is 5.92 Å². The summed E-state index contributed by atoms with van der Waals surface area (Å²) in [6.07, 6.45) is 2.76. The van der Waals surface area contributed by atoms with Crippen molar-refractivity contribution < 1.29 is 0 Å². The van der Waals surface area contributed by atoms with Gasteiger partial charge < -0.3 is 5.32 Å². The molecule has 1 fully saturated rings. The lowest BCUT2D eigenvalue weighted by Gasteiger charge is -2.11. The molecule has 1 N–H and O–H groups in total. The van der Waals surface area contributed by atoms with Gasteiger partial charge in [0.1, 0.15) is 0 Å². The molecular formula is C10H12ClN5. The van der Waals surface area contributed by atoms with Gasteiger partial charge in [0.2, 0.25) is 5.95 Å². The second kappa shape index (κ2) is 4.62. The number of nitrogens with one attached hydrogen (secondary N) is 1. The first-order chi connectivity index (χ1) is 7.69. The van der Waals surface area contributed by atoms with Gasteiger partial charge in [-0.15, -0.1) is 10.2 Å². The van der Waals surface area contributed by atoms with Gasteiger partial charge in [-0.05, 0) is 26.2 Å². The molecule has 1 aromatic heterocycles. The lowest BCUT2D eigenvalue weighted by molar-refractivity contribution is 0.679. The summed E-state index contributed by atoms with van der Waals surface area (Å²) < 4.78 is 0.